The van der Waals surface area contributed by atoms with E-state index in [1.807, 2.05) is 26.8 Å². The van der Waals surface area contributed by atoms with Gasteiger partial charge in [0.25, 0.3) is 0 Å². The molecule has 14 heavy (non-hydrogen) atoms. The largest absolute Gasteiger partial charge is 0.378 e. The molecule has 2 nitrogen and oxygen atoms in total. The van der Waals surface area contributed by atoms with E-state index in [2.05, 4.69) is 5.32 Å². The van der Waals surface area contributed by atoms with E-state index in [0.29, 0.717) is 11.3 Å². The predicted octanol–water partition coefficient (Wildman–Crippen LogP) is 2.91. The summed E-state index contributed by atoms with van der Waals surface area (Å²) in [5.74, 6) is -0.390. The normalized spacial score (nSPS) is 10.8. The van der Waals surface area contributed by atoms with Crippen LogP contribution in [0.4, 0.5) is 10.1 Å². The second-order valence-corrected chi connectivity index (χ2v) is 4.18. The summed E-state index contributed by atoms with van der Waals surface area (Å²) in [5, 5.41) is 11.6. The minimum absolute atomic E-state index is 0.186. The third-order valence-corrected chi connectivity index (χ3v) is 1.61. The maximum Gasteiger partial charge on any atom is 0.147 e. The summed E-state index contributed by atoms with van der Waals surface area (Å²) in [4.78, 5) is 0. The topological polar surface area (TPSA) is 35.8 Å². The standard InChI is InChI=1S/C11H13FN2/c1-11(2,3)14-10-5-4-8(7-13)6-9(10)12/h4-6,14H,1-3H3. The van der Waals surface area contributed by atoms with Gasteiger partial charge < -0.3 is 5.32 Å². The van der Waals surface area contributed by atoms with Crippen LogP contribution in [-0.4, -0.2) is 5.54 Å². The van der Waals surface area contributed by atoms with Crippen molar-refractivity contribution < 1.29 is 4.39 Å². The lowest BCUT2D eigenvalue weighted by Crippen LogP contribution is -2.26. The number of hydrogen-bond acceptors (Lipinski definition) is 2. The molecule has 1 N–H and O–H groups in total. The van der Waals surface area contributed by atoms with E-state index in [9.17, 15) is 4.39 Å². The molecule has 0 amide bonds. The molecule has 0 aromatic heterocycles. The summed E-state index contributed by atoms with van der Waals surface area (Å²) in [6.45, 7) is 5.85. The number of anilines is 1. The SMILES string of the molecule is CC(C)(C)Nc1ccc(C#N)cc1F. The van der Waals surface area contributed by atoms with Crippen molar-refractivity contribution in [3.63, 3.8) is 0 Å². The molecule has 0 radical (unpaired) electrons. The van der Waals surface area contributed by atoms with Crippen LogP contribution >= 0.6 is 0 Å². The molecule has 1 rings (SSSR count). The monoisotopic (exact) mass is 192 g/mol. The molecule has 0 heterocycles. The summed E-state index contributed by atoms with van der Waals surface area (Å²) in [6, 6.07) is 6.30. The van der Waals surface area contributed by atoms with Crippen LogP contribution in [0.5, 0.6) is 0 Å². The zero-order chi connectivity index (χ0) is 10.8. The Hall–Kier alpha value is -1.56. The van der Waals surface area contributed by atoms with Crippen molar-refractivity contribution >= 4 is 5.69 Å². The van der Waals surface area contributed by atoms with Crippen LogP contribution in [0.3, 0.4) is 0 Å². The van der Waals surface area contributed by atoms with Crippen LogP contribution < -0.4 is 5.32 Å². The second kappa shape index (κ2) is 3.67. The van der Waals surface area contributed by atoms with Crippen molar-refractivity contribution in [1.29, 1.82) is 5.26 Å². The van der Waals surface area contributed by atoms with Crippen molar-refractivity contribution in [3.8, 4) is 6.07 Å². The highest BCUT2D eigenvalue weighted by molar-refractivity contribution is 5.50. The van der Waals surface area contributed by atoms with E-state index >= 15 is 0 Å². The molecule has 0 saturated carbocycles. The smallest absolute Gasteiger partial charge is 0.147 e. The van der Waals surface area contributed by atoms with E-state index in [1.165, 1.54) is 6.07 Å². The van der Waals surface area contributed by atoms with Gasteiger partial charge in [0, 0.05) is 5.54 Å². The Kier molecular flexibility index (Phi) is 2.76. The Morgan fingerprint density at radius 3 is 2.43 bits per heavy atom. The van der Waals surface area contributed by atoms with E-state index in [0.717, 1.165) is 0 Å². The van der Waals surface area contributed by atoms with Gasteiger partial charge in [0.2, 0.25) is 0 Å². The molecule has 74 valence electrons. The number of rotatable bonds is 1. The van der Waals surface area contributed by atoms with Crippen LogP contribution in [0.15, 0.2) is 18.2 Å². The van der Waals surface area contributed by atoms with Crippen molar-refractivity contribution in [3.05, 3.63) is 29.6 Å². The zero-order valence-corrected chi connectivity index (χ0v) is 8.56. The van der Waals surface area contributed by atoms with Crippen molar-refractivity contribution in [2.75, 3.05) is 5.32 Å². The summed E-state index contributed by atoms with van der Waals surface area (Å²) in [6.07, 6.45) is 0. The molecule has 1 aromatic carbocycles. The maximum atomic E-state index is 13.4. The molecule has 0 atom stereocenters. The van der Waals surface area contributed by atoms with Gasteiger partial charge in [0.1, 0.15) is 5.82 Å². The van der Waals surface area contributed by atoms with E-state index < -0.39 is 0 Å². The summed E-state index contributed by atoms with van der Waals surface area (Å²) in [7, 11) is 0. The average Bonchev–Trinajstić information content (AvgIpc) is 2.06. The minimum atomic E-state index is -0.390. The molecular formula is C11H13FN2. The molecule has 0 saturated heterocycles. The predicted molar refractivity (Wildman–Crippen MR) is 54.5 cm³/mol. The molecule has 0 spiro atoms. The first-order chi connectivity index (χ1) is 6.42. The number of nitrogens with zero attached hydrogens (tertiary/aromatic N) is 1. The molecule has 0 bridgehead atoms. The lowest BCUT2D eigenvalue weighted by molar-refractivity contribution is 0.598. The highest BCUT2D eigenvalue weighted by atomic mass is 19.1. The van der Waals surface area contributed by atoms with Gasteiger partial charge in [0.05, 0.1) is 17.3 Å². The zero-order valence-electron chi connectivity index (χ0n) is 8.56. The lowest BCUT2D eigenvalue weighted by atomic mass is 10.1. The fraction of sp³-hybridized carbons (Fsp3) is 0.364. The quantitative estimate of drug-likeness (QED) is 0.742. The van der Waals surface area contributed by atoms with E-state index in [1.54, 1.807) is 12.1 Å². The molecule has 0 fully saturated rings. The molecule has 1 aromatic rings. The third kappa shape index (κ3) is 2.74. The van der Waals surface area contributed by atoms with Gasteiger partial charge in [-0.05, 0) is 39.0 Å². The lowest BCUT2D eigenvalue weighted by Gasteiger charge is -2.22. The summed E-state index contributed by atoms with van der Waals surface area (Å²) < 4.78 is 13.4. The molecule has 0 aliphatic heterocycles. The minimum Gasteiger partial charge on any atom is -0.378 e. The number of halogens is 1. The van der Waals surface area contributed by atoms with Crippen LogP contribution in [0.25, 0.3) is 0 Å². The van der Waals surface area contributed by atoms with Crippen molar-refractivity contribution in [2.24, 2.45) is 0 Å². The highest BCUT2D eigenvalue weighted by Crippen LogP contribution is 2.19. The third-order valence-electron chi connectivity index (χ3n) is 1.61. The van der Waals surface area contributed by atoms with Gasteiger partial charge in [-0.25, -0.2) is 4.39 Å². The highest BCUT2D eigenvalue weighted by Gasteiger charge is 2.12. The van der Waals surface area contributed by atoms with Gasteiger partial charge >= 0.3 is 0 Å². The molecule has 0 aliphatic rings. The Morgan fingerprint density at radius 1 is 1.36 bits per heavy atom. The molecule has 0 aliphatic carbocycles. The van der Waals surface area contributed by atoms with Crippen molar-refractivity contribution in [1.82, 2.24) is 0 Å². The first-order valence-corrected chi connectivity index (χ1v) is 4.40. The van der Waals surface area contributed by atoms with Crippen LogP contribution in [0, 0.1) is 17.1 Å². The van der Waals surface area contributed by atoms with Gasteiger partial charge in [-0.3, -0.25) is 0 Å². The first kappa shape index (κ1) is 10.5. The average molecular weight is 192 g/mol. The number of nitriles is 1. The first-order valence-electron chi connectivity index (χ1n) is 4.40. The Labute approximate surface area is 83.4 Å². The summed E-state index contributed by atoms with van der Waals surface area (Å²) in [5.41, 5.74) is 0.577. The van der Waals surface area contributed by atoms with Crippen LogP contribution in [-0.2, 0) is 0 Å². The maximum absolute atomic E-state index is 13.4. The number of nitrogens with one attached hydrogen (secondary N) is 1. The molecule has 0 unspecified atom stereocenters. The van der Waals surface area contributed by atoms with Crippen LogP contribution in [0.2, 0.25) is 0 Å². The Balaban J connectivity index is 2.97. The fourth-order valence-corrected chi connectivity index (χ4v) is 1.09. The van der Waals surface area contributed by atoms with Gasteiger partial charge in [0.15, 0.2) is 0 Å². The second-order valence-electron chi connectivity index (χ2n) is 4.18. The Bertz CT molecular complexity index is 372. The molecular weight excluding hydrogens is 179 g/mol. The van der Waals surface area contributed by atoms with Gasteiger partial charge in [-0.15, -0.1) is 0 Å². The number of hydrogen-bond donors (Lipinski definition) is 1. The van der Waals surface area contributed by atoms with Gasteiger partial charge in [-0.1, -0.05) is 0 Å². The van der Waals surface area contributed by atoms with E-state index in [-0.39, 0.29) is 11.4 Å². The molecule has 3 heteroatoms. The summed E-state index contributed by atoms with van der Waals surface area (Å²) >= 11 is 0. The Morgan fingerprint density at radius 2 is 2.00 bits per heavy atom. The number of benzene rings is 1. The van der Waals surface area contributed by atoms with Crippen molar-refractivity contribution in [2.45, 2.75) is 26.3 Å². The van der Waals surface area contributed by atoms with Gasteiger partial charge in [-0.2, -0.15) is 5.26 Å². The van der Waals surface area contributed by atoms with Crippen LogP contribution in [0.1, 0.15) is 26.3 Å². The van der Waals surface area contributed by atoms with E-state index in [4.69, 9.17) is 5.26 Å². The fourth-order valence-electron chi connectivity index (χ4n) is 1.09.